The van der Waals surface area contributed by atoms with E-state index in [2.05, 4.69) is 12.2 Å². The monoisotopic (exact) mass is 298 g/mol. The molecule has 5 heteroatoms. The van der Waals surface area contributed by atoms with Gasteiger partial charge in [0.25, 0.3) is 0 Å². The summed E-state index contributed by atoms with van der Waals surface area (Å²) in [5, 5.41) is 3.05. The van der Waals surface area contributed by atoms with Gasteiger partial charge in [0.1, 0.15) is 0 Å². The van der Waals surface area contributed by atoms with E-state index in [0.717, 1.165) is 19.3 Å². The number of hydrogen-bond donors (Lipinski definition) is 1. The van der Waals surface area contributed by atoms with Gasteiger partial charge < -0.3 is 19.7 Å². The van der Waals surface area contributed by atoms with Gasteiger partial charge in [-0.25, -0.2) is 4.79 Å². The fourth-order valence-corrected chi connectivity index (χ4v) is 3.40. The third-order valence-electron chi connectivity index (χ3n) is 4.66. The van der Waals surface area contributed by atoms with Crippen LogP contribution in [0.5, 0.6) is 0 Å². The van der Waals surface area contributed by atoms with Crippen molar-refractivity contribution in [2.75, 3.05) is 26.8 Å². The van der Waals surface area contributed by atoms with Crippen LogP contribution in [0.4, 0.5) is 4.79 Å². The molecule has 1 aliphatic heterocycles. The van der Waals surface area contributed by atoms with Crippen molar-refractivity contribution in [3.63, 3.8) is 0 Å². The predicted octanol–water partition coefficient (Wildman–Crippen LogP) is 2.75. The first-order chi connectivity index (χ1) is 10.0. The maximum absolute atomic E-state index is 12.2. The van der Waals surface area contributed by atoms with Gasteiger partial charge in [-0.1, -0.05) is 26.2 Å². The van der Waals surface area contributed by atoms with Gasteiger partial charge in [0.15, 0.2) is 5.79 Å². The molecule has 0 aromatic heterocycles. The molecule has 2 amide bonds. The molecule has 1 heterocycles. The van der Waals surface area contributed by atoms with Crippen LogP contribution in [0, 0.1) is 5.92 Å². The summed E-state index contributed by atoms with van der Waals surface area (Å²) < 4.78 is 11.2. The van der Waals surface area contributed by atoms with Crippen LogP contribution in [0.3, 0.4) is 0 Å². The lowest BCUT2D eigenvalue weighted by Crippen LogP contribution is -2.46. The van der Waals surface area contributed by atoms with Gasteiger partial charge in [-0.05, 0) is 25.7 Å². The molecule has 5 nitrogen and oxygen atoms in total. The number of urea groups is 1. The number of hydrogen-bond acceptors (Lipinski definition) is 3. The largest absolute Gasteiger partial charge is 0.348 e. The molecule has 1 saturated heterocycles. The highest BCUT2D eigenvalue weighted by molar-refractivity contribution is 5.74. The normalized spacial score (nSPS) is 23.8. The molecule has 0 aromatic carbocycles. The van der Waals surface area contributed by atoms with E-state index < -0.39 is 5.79 Å². The highest BCUT2D eigenvalue weighted by atomic mass is 16.7. The van der Waals surface area contributed by atoms with E-state index in [-0.39, 0.29) is 6.03 Å². The molecule has 1 atom stereocenters. The van der Waals surface area contributed by atoms with Gasteiger partial charge in [0.05, 0.1) is 13.2 Å². The van der Waals surface area contributed by atoms with E-state index in [9.17, 15) is 4.79 Å². The Balaban J connectivity index is 1.69. The fourth-order valence-electron chi connectivity index (χ4n) is 3.40. The van der Waals surface area contributed by atoms with Crippen molar-refractivity contribution in [3.8, 4) is 0 Å². The molecule has 0 spiro atoms. The first-order valence-corrected chi connectivity index (χ1v) is 8.29. The smallest absolute Gasteiger partial charge is 0.317 e. The molecular weight excluding hydrogens is 268 g/mol. The van der Waals surface area contributed by atoms with Crippen LogP contribution < -0.4 is 5.32 Å². The topological polar surface area (TPSA) is 50.8 Å². The third kappa shape index (κ3) is 4.85. The zero-order valence-corrected chi connectivity index (χ0v) is 13.7. The minimum absolute atomic E-state index is 0.0483. The van der Waals surface area contributed by atoms with E-state index in [4.69, 9.17) is 9.47 Å². The second-order valence-electron chi connectivity index (χ2n) is 6.73. The highest BCUT2D eigenvalue weighted by Gasteiger charge is 2.32. The van der Waals surface area contributed by atoms with E-state index in [1.165, 1.54) is 19.3 Å². The van der Waals surface area contributed by atoms with E-state index >= 15 is 0 Å². The second kappa shape index (κ2) is 7.45. The average molecular weight is 298 g/mol. The van der Waals surface area contributed by atoms with Crippen molar-refractivity contribution in [1.29, 1.82) is 0 Å². The molecular formula is C16H30N2O3. The Morgan fingerprint density at radius 3 is 2.52 bits per heavy atom. The molecule has 21 heavy (non-hydrogen) atoms. The van der Waals surface area contributed by atoms with Crippen LogP contribution in [0.2, 0.25) is 0 Å². The number of nitrogens with one attached hydrogen (secondary N) is 1. The number of carbonyl (C=O) groups excluding carboxylic acids is 1. The van der Waals surface area contributed by atoms with Crippen LogP contribution >= 0.6 is 0 Å². The van der Waals surface area contributed by atoms with Crippen molar-refractivity contribution >= 4 is 6.03 Å². The molecule has 1 aliphatic carbocycles. The van der Waals surface area contributed by atoms with Crippen molar-refractivity contribution in [2.24, 2.45) is 5.92 Å². The van der Waals surface area contributed by atoms with E-state index in [0.29, 0.717) is 31.7 Å². The minimum atomic E-state index is -0.473. The Labute approximate surface area is 128 Å². The fraction of sp³-hybridized carbons (Fsp3) is 0.938. The third-order valence-corrected chi connectivity index (χ3v) is 4.66. The van der Waals surface area contributed by atoms with Crippen molar-refractivity contribution in [1.82, 2.24) is 10.2 Å². The average Bonchev–Trinajstić information content (AvgIpc) is 2.91. The summed E-state index contributed by atoms with van der Waals surface area (Å²) in [6, 6.07) is 0.459. The van der Waals surface area contributed by atoms with Gasteiger partial charge in [-0.15, -0.1) is 0 Å². The van der Waals surface area contributed by atoms with Crippen LogP contribution in [0.15, 0.2) is 0 Å². The molecule has 2 fully saturated rings. The quantitative estimate of drug-likeness (QED) is 0.849. The Hall–Kier alpha value is -0.810. The van der Waals surface area contributed by atoms with Crippen molar-refractivity contribution in [3.05, 3.63) is 0 Å². The number of carbonyl (C=O) groups is 1. The second-order valence-corrected chi connectivity index (χ2v) is 6.73. The van der Waals surface area contributed by atoms with Gasteiger partial charge in [0, 0.05) is 26.1 Å². The Morgan fingerprint density at radius 2 is 1.90 bits per heavy atom. The molecule has 0 unspecified atom stereocenters. The number of nitrogens with zero attached hydrogens (tertiary/aromatic N) is 1. The summed E-state index contributed by atoms with van der Waals surface area (Å²) in [6.07, 6.45) is 6.87. The maximum Gasteiger partial charge on any atom is 0.317 e. The highest BCUT2D eigenvalue weighted by Crippen LogP contribution is 2.26. The van der Waals surface area contributed by atoms with Crippen LogP contribution in [0.1, 0.15) is 52.4 Å². The summed E-state index contributed by atoms with van der Waals surface area (Å²) in [5.41, 5.74) is 0. The lowest BCUT2D eigenvalue weighted by molar-refractivity contribution is -0.153. The van der Waals surface area contributed by atoms with Crippen molar-refractivity contribution in [2.45, 2.75) is 64.2 Å². The predicted molar refractivity (Wildman–Crippen MR) is 82.1 cm³/mol. The molecule has 0 bridgehead atoms. The zero-order valence-electron chi connectivity index (χ0n) is 13.7. The van der Waals surface area contributed by atoms with Crippen LogP contribution in [-0.4, -0.2) is 49.6 Å². The summed E-state index contributed by atoms with van der Waals surface area (Å²) >= 11 is 0. The minimum Gasteiger partial charge on any atom is -0.348 e. The Bertz CT molecular complexity index is 336. The van der Waals surface area contributed by atoms with Crippen LogP contribution in [0.25, 0.3) is 0 Å². The number of amides is 2. The number of rotatable bonds is 5. The lowest BCUT2D eigenvalue weighted by atomic mass is 9.95. The first kappa shape index (κ1) is 16.6. The standard InChI is InChI=1S/C16H30N2O3/c1-13(11-16(2)20-9-10-21-16)12-17-15(19)18(3)14-7-5-4-6-8-14/h13-14H,4-12H2,1-3H3,(H,17,19)/t13-/m0/s1. The zero-order chi connectivity index (χ0) is 15.3. The van der Waals surface area contributed by atoms with E-state index in [1.54, 1.807) is 0 Å². The molecule has 0 aromatic rings. The number of ether oxygens (including phenoxy) is 2. The van der Waals surface area contributed by atoms with Crippen LogP contribution in [-0.2, 0) is 9.47 Å². The molecule has 1 N–H and O–H groups in total. The maximum atomic E-state index is 12.2. The molecule has 122 valence electrons. The summed E-state index contributed by atoms with van der Waals surface area (Å²) in [7, 11) is 1.92. The molecule has 2 aliphatic rings. The van der Waals surface area contributed by atoms with E-state index in [1.807, 2.05) is 18.9 Å². The summed E-state index contributed by atoms with van der Waals surface area (Å²) in [4.78, 5) is 14.1. The molecule has 0 radical (unpaired) electrons. The summed E-state index contributed by atoms with van der Waals surface area (Å²) in [6.45, 7) is 6.10. The Morgan fingerprint density at radius 1 is 1.29 bits per heavy atom. The lowest BCUT2D eigenvalue weighted by Gasteiger charge is -2.32. The molecule has 2 rings (SSSR count). The van der Waals surface area contributed by atoms with Gasteiger partial charge in [-0.3, -0.25) is 0 Å². The molecule has 1 saturated carbocycles. The van der Waals surface area contributed by atoms with Crippen molar-refractivity contribution < 1.29 is 14.3 Å². The SMILES string of the molecule is C[C@H](CNC(=O)N(C)C1CCCCC1)CC1(C)OCCO1. The first-order valence-electron chi connectivity index (χ1n) is 8.29. The van der Waals surface area contributed by atoms with Gasteiger partial charge in [0.2, 0.25) is 0 Å². The van der Waals surface area contributed by atoms with Gasteiger partial charge in [-0.2, -0.15) is 0 Å². The summed E-state index contributed by atoms with van der Waals surface area (Å²) in [5.74, 6) is -0.142. The Kier molecular flexibility index (Phi) is 5.88. The van der Waals surface area contributed by atoms with Gasteiger partial charge >= 0.3 is 6.03 Å².